The molecule has 3 heteroatoms. The number of aromatic nitrogens is 1. The van der Waals surface area contributed by atoms with Gasteiger partial charge in [-0.2, -0.15) is 0 Å². The summed E-state index contributed by atoms with van der Waals surface area (Å²) in [6, 6.07) is 12.3. The van der Waals surface area contributed by atoms with E-state index in [1.165, 1.54) is 11.1 Å². The summed E-state index contributed by atoms with van der Waals surface area (Å²) in [6.07, 6.45) is 3.67. The van der Waals surface area contributed by atoms with Crippen molar-refractivity contribution in [2.24, 2.45) is 0 Å². The van der Waals surface area contributed by atoms with E-state index in [1.54, 1.807) is 6.20 Å². The van der Waals surface area contributed by atoms with E-state index in [0.717, 1.165) is 17.6 Å². The summed E-state index contributed by atoms with van der Waals surface area (Å²) in [4.78, 5) is 4.08. The zero-order chi connectivity index (χ0) is 11.2. The predicted octanol–water partition coefficient (Wildman–Crippen LogP) is 3.13. The van der Waals surface area contributed by atoms with Gasteiger partial charge in [0.05, 0.1) is 0 Å². The molecule has 1 heterocycles. The summed E-state index contributed by atoms with van der Waals surface area (Å²) in [6.45, 7) is 1.72. The number of nitrogens with zero attached hydrogens (tertiary/aromatic N) is 1. The quantitative estimate of drug-likeness (QED) is 0.928. The van der Waals surface area contributed by atoms with E-state index in [0.29, 0.717) is 0 Å². The molecule has 0 saturated carbocycles. The molecule has 0 atom stereocenters. The molecule has 1 N–H and O–H groups in total. The lowest BCUT2D eigenvalue weighted by Gasteiger charge is -2.05. The zero-order valence-corrected chi connectivity index (χ0v) is 10.4. The van der Waals surface area contributed by atoms with Gasteiger partial charge < -0.3 is 5.32 Å². The predicted molar refractivity (Wildman–Crippen MR) is 68.9 cm³/mol. The molecule has 0 bridgehead atoms. The van der Waals surface area contributed by atoms with Gasteiger partial charge in [-0.05, 0) is 29.3 Å². The lowest BCUT2D eigenvalue weighted by Crippen LogP contribution is -2.12. The van der Waals surface area contributed by atoms with Crippen LogP contribution in [0, 0.1) is 0 Å². The number of benzene rings is 1. The van der Waals surface area contributed by atoms with Crippen LogP contribution >= 0.6 is 15.9 Å². The number of hydrogen-bond acceptors (Lipinski definition) is 2. The average Bonchev–Trinajstić information content (AvgIpc) is 2.30. The average molecular weight is 277 g/mol. The first-order valence-corrected chi connectivity index (χ1v) is 5.98. The molecular formula is C13H13BrN2. The van der Waals surface area contributed by atoms with E-state index in [-0.39, 0.29) is 0 Å². The third-order valence-electron chi connectivity index (χ3n) is 2.27. The second-order valence-electron chi connectivity index (χ2n) is 3.59. The van der Waals surface area contributed by atoms with Crippen LogP contribution in [0.1, 0.15) is 11.1 Å². The van der Waals surface area contributed by atoms with Gasteiger partial charge in [0.1, 0.15) is 0 Å². The third-order valence-corrected chi connectivity index (χ3v) is 2.76. The lowest BCUT2D eigenvalue weighted by molar-refractivity contribution is 0.691. The highest BCUT2D eigenvalue weighted by Crippen LogP contribution is 2.11. The van der Waals surface area contributed by atoms with Crippen molar-refractivity contribution in [3.63, 3.8) is 0 Å². The van der Waals surface area contributed by atoms with Crippen LogP contribution in [0.4, 0.5) is 0 Å². The van der Waals surface area contributed by atoms with Crippen molar-refractivity contribution >= 4 is 15.9 Å². The Morgan fingerprint density at radius 2 is 1.88 bits per heavy atom. The number of hydrogen-bond donors (Lipinski definition) is 1. The van der Waals surface area contributed by atoms with E-state index in [2.05, 4.69) is 44.4 Å². The third kappa shape index (κ3) is 3.43. The maximum atomic E-state index is 4.08. The highest BCUT2D eigenvalue weighted by atomic mass is 79.9. The van der Waals surface area contributed by atoms with Gasteiger partial charge in [-0.1, -0.05) is 34.1 Å². The van der Waals surface area contributed by atoms with Crippen LogP contribution in [0.5, 0.6) is 0 Å². The van der Waals surface area contributed by atoms with Crippen molar-refractivity contribution in [3.05, 3.63) is 64.4 Å². The van der Waals surface area contributed by atoms with E-state index in [9.17, 15) is 0 Å². The minimum absolute atomic E-state index is 0.848. The largest absolute Gasteiger partial charge is 0.309 e. The zero-order valence-electron chi connectivity index (χ0n) is 8.86. The first kappa shape index (κ1) is 11.3. The van der Waals surface area contributed by atoms with Crippen LogP contribution in [0.2, 0.25) is 0 Å². The molecule has 0 saturated heterocycles. The van der Waals surface area contributed by atoms with Gasteiger partial charge in [-0.25, -0.2) is 0 Å². The molecule has 0 spiro atoms. The van der Waals surface area contributed by atoms with Gasteiger partial charge in [0.15, 0.2) is 0 Å². The first-order valence-electron chi connectivity index (χ1n) is 5.18. The highest BCUT2D eigenvalue weighted by Gasteiger charge is 1.94. The highest BCUT2D eigenvalue weighted by molar-refractivity contribution is 9.10. The van der Waals surface area contributed by atoms with Crippen LogP contribution in [-0.4, -0.2) is 4.98 Å². The molecule has 0 aliphatic carbocycles. The summed E-state index contributed by atoms with van der Waals surface area (Å²) in [7, 11) is 0. The summed E-state index contributed by atoms with van der Waals surface area (Å²) in [5, 5.41) is 3.38. The molecule has 1 aromatic heterocycles. The second kappa shape index (κ2) is 5.77. The van der Waals surface area contributed by atoms with Crippen LogP contribution in [0.15, 0.2) is 53.3 Å². The van der Waals surface area contributed by atoms with Crippen molar-refractivity contribution in [2.75, 3.05) is 0 Å². The Balaban J connectivity index is 1.85. The number of rotatable bonds is 4. The molecule has 0 unspecified atom stereocenters. The van der Waals surface area contributed by atoms with Crippen molar-refractivity contribution in [3.8, 4) is 0 Å². The Hall–Kier alpha value is -1.19. The Morgan fingerprint density at radius 3 is 2.62 bits per heavy atom. The Bertz CT molecular complexity index is 443. The molecular weight excluding hydrogens is 264 g/mol. The van der Waals surface area contributed by atoms with Crippen molar-refractivity contribution in [1.82, 2.24) is 10.3 Å². The Morgan fingerprint density at radius 1 is 1.06 bits per heavy atom. The Labute approximate surface area is 104 Å². The molecule has 82 valence electrons. The molecule has 16 heavy (non-hydrogen) atoms. The minimum Gasteiger partial charge on any atom is -0.309 e. The lowest BCUT2D eigenvalue weighted by atomic mass is 10.2. The SMILES string of the molecule is Brc1cccc(CNCc2cccnc2)c1. The van der Waals surface area contributed by atoms with Gasteiger partial charge in [-0.3, -0.25) is 4.98 Å². The number of pyridine rings is 1. The van der Waals surface area contributed by atoms with Crippen molar-refractivity contribution in [1.29, 1.82) is 0 Å². The minimum atomic E-state index is 0.848. The van der Waals surface area contributed by atoms with Gasteiger partial charge in [-0.15, -0.1) is 0 Å². The van der Waals surface area contributed by atoms with Gasteiger partial charge in [0.25, 0.3) is 0 Å². The molecule has 2 rings (SSSR count). The fourth-order valence-electron chi connectivity index (χ4n) is 1.50. The summed E-state index contributed by atoms with van der Waals surface area (Å²) in [5.41, 5.74) is 2.48. The second-order valence-corrected chi connectivity index (χ2v) is 4.51. The molecule has 0 aliphatic rings. The summed E-state index contributed by atoms with van der Waals surface area (Å²) >= 11 is 3.46. The number of halogens is 1. The molecule has 2 nitrogen and oxygen atoms in total. The van der Waals surface area contributed by atoms with Crippen LogP contribution in [0.3, 0.4) is 0 Å². The fourth-order valence-corrected chi connectivity index (χ4v) is 1.95. The maximum Gasteiger partial charge on any atom is 0.0312 e. The van der Waals surface area contributed by atoms with Gasteiger partial charge in [0.2, 0.25) is 0 Å². The molecule has 1 aromatic carbocycles. The van der Waals surface area contributed by atoms with Crippen LogP contribution in [-0.2, 0) is 13.1 Å². The monoisotopic (exact) mass is 276 g/mol. The maximum absolute atomic E-state index is 4.08. The molecule has 0 fully saturated rings. The smallest absolute Gasteiger partial charge is 0.0312 e. The van der Waals surface area contributed by atoms with Crippen molar-refractivity contribution in [2.45, 2.75) is 13.1 Å². The van der Waals surface area contributed by atoms with Crippen LogP contribution < -0.4 is 5.32 Å². The summed E-state index contributed by atoms with van der Waals surface area (Å²) < 4.78 is 1.12. The van der Waals surface area contributed by atoms with E-state index < -0.39 is 0 Å². The fraction of sp³-hybridized carbons (Fsp3) is 0.154. The topological polar surface area (TPSA) is 24.9 Å². The molecule has 2 aromatic rings. The normalized spacial score (nSPS) is 10.3. The molecule has 0 radical (unpaired) electrons. The van der Waals surface area contributed by atoms with Crippen molar-refractivity contribution < 1.29 is 0 Å². The van der Waals surface area contributed by atoms with Crippen LogP contribution in [0.25, 0.3) is 0 Å². The van der Waals surface area contributed by atoms with Gasteiger partial charge in [0, 0.05) is 30.0 Å². The number of nitrogens with one attached hydrogen (secondary N) is 1. The van der Waals surface area contributed by atoms with E-state index in [4.69, 9.17) is 0 Å². The standard InChI is InChI=1S/C13H13BrN2/c14-13-5-1-3-11(7-13)8-16-10-12-4-2-6-15-9-12/h1-7,9,16H,8,10H2. The van der Waals surface area contributed by atoms with E-state index in [1.807, 2.05) is 24.4 Å². The van der Waals surface area contributed by atoms with E-state index >= 15 is 0 Å². The molecule has 0 amide bonds. The molecule has 0 aliphatic heterocycles. The Kier molecular flexibility index (Phi) is 4.08. The summed E-state index contributed by atoms with van der Waals surface area (Å²) in [5.74, 6) is 0. The van der Waals surface area contributed by atoms with Gasteiger partial charge >= 0.3 is 0 Å². The first-order chi connectivity index (χ1) is 7.84.